The maximum Gasteiger partial charge on any atom is 0.231 e. The second kappa shape index (κ2) is 6.92. The lowest BCUT2D eigenvalue weighted by Crippen LogP contribution is -2.41. The summed E-state index contributed by atoms with van der Waals surface area (Å²) in [6, 6.07) is 3.57. The number of nitrogens with one attached hydrogen (secondary N) is 4. The molecule has 2 bridgehead atoms. The van der Waals surface area contributed by atoms with Crippen LogP contribution in [0.3, 0.4) is 0 Å². The fraction of sp³-hybridized carbons (Fsp3) is 0.318. The second-order valence-corrected chi connectivity index (χ2v) is 8.62. The molecule has 2 aliphatic heterocycles. The van der Waals surface area contributed by atoms with E-state index in [0.717, 1.165) is 41.5 Å². The lowest BCUT2D eigenvalue weighted by molar-refractivity contribution is 0.471. The highest BCUT2D eigenvalue weighted by Gasteiger charge is 2.44. The van der Waals surface area contributed by atoms with E-state index in [4.69, 9.17) is 15.7 Å². The van der Waals surface area contributed by atoms with E-state index in [-0.39, 0.29) is 11.9 Å². The zero-order chi connectivity index (χ0) is 22.0. The molecule has 3 aromatic rings. The number of halogens is 1. The zero-order valence-corrected chi connectivity index (χ0v) is 17.6. The second-order valence-electron chi connectivity index (χ2n) is 8.62. The Balaban J connectivity index is 1.53. The van der Waals surface area contributed by atoms with Crippen LogP contribution in [-0.2, 0) is 0 Å². The van der Waals surface area contributed by atoms with Gasteiger partial charge in [0.15, 0.2) is 0 Å². The van der Waals surface area contributed by atoms with Crippen LogP contribution in [0.25, 0.3) is 21.9 Å². The van der Waals surface area contributed by atoms with E-state index in [1.165, 1.54) is 6.07 Å². The van der Waals surface area contributed by atoms with Gasteiger partial charge in [0, 0.05) is 37.3 Å². The average molecular weight is 433 g/mol. The molecule has 1 saturated carbocycles. The number of H-pyrrole nitrogens is 1. The van der Waals surface area contributed by atoms with Gasteiger partial charge in [-0.25, -0.2) is 9.38 Å². The van der Waals surface area contributed by atoms with Crippen LogP contribution >= 0.6 is 0 Å². The van der Waals surface area contributed by atoms with Gasteiger partial charge >= 0.3 is 0 Å². The van der Waals surface area contributed by atoms with Crippen LogP contribution < -0.4 is 26.6 Å². The molecular formula is C22H24FN9. The molecule has 1 saturated heterocycles. The minimum Gasteiger partial charge on any atom is -0.386 e. The Hall–Kier alpha value is -3.66. The third-order valence-corrected chi connectivity index (χ3v) is 6.65. The van der Waals surface area contributed by atoms with Crippen molar-refractivity contribution in [3.8, 4) is 0 Å². The number of aromatic amines is 1. The SMILES string of the molecule is C=C1N=CC(Nc2nc(N3C[C@H]4C[C@@H]3C[C@H]4N)c3c(n2)[nH]c2c(NC)cc(F)cc23)=CN1. The molecular weight excluding hydrogens is 409 g/mol. The number of aliphatic imine (C=N–C) groups is 1. The lowest BCUT2D eigenvalue weighted by Gasteiger charge is -2.31. The first-order valence-corrected chi connectivity index (χ1v) is 10.7. The number of fused-ring (bicyclic) bond motifs is 5. The highest BCUT2D eigenvalue weighted by molar-refractivity contribution is 6.15. The predicted octanol–water partition coefficient (Wildman–Crippen LogP) is 2.62. The molecule has 3 atom stereocenters. The van der Waals surface area contributed by atoms with Gasteiger partial charge in [-0.15, -0.1) is 0 Å². The molecule has 1 aliphatic carbocycles. The largest absolute Gasteiger partial charge is 0.386 e. The zero-order valence-electron chi connectivity index (χ0n) is 17.6. The number of nitrogens with two attached hydrogens (primary N) is 1. The number of piperidine rings is 1. The fourth-order valence-electron chi connectivity index (χ4n) is 5.14. The van der Waals surface area contributed by atoms with Gasteiger partial charge in [-0.2, -0.15) is 9.97 Å². The van der Waals surface area contributed by atoms with Gasteiger partial charge in [0.25, 0.3) is 0 Å². The third-order valence-electron chi connectivity index (χ3n) is 6.65. The molecule has 3 aliphatic rings. The quantitative estimate of drug-likeness (QED) is 0.429. The minimum atomic E-state index is -0.309. The predicted molar refractivity (Wildman–Crippen MR) is 125 cm³/mol. The maximum atomic E-state index is 14.4. The van der Waals surface area contributed by atoms with Crippen LogP contribution in [0, 0.1) is 11.7 Å². The molecule has 164 valence electrons. The van der Waals surface area contributed by atoms with Gasteiger partial charge < -0.3 is 31.6 Å². The summed E-state index contributed by atoms with van der Waals surface area (Å²) in [5, 5.41) is 10.8. The van der Waals surface area contributed by atoms with Crippen molar-refractivity contribution < 1.29 is 4.39 Å². The molecule has 10 heteroatoms. The Morgan fingerprint density at radius 1 is 1.28 bits per heavy atom. The van der Waals surface area contributed by atoms with Crippen molar-refractivity contribution in [3.05, 3.63) is 42.2 Å². The Kier molecular flexibility index (Phi) is 4.12. The highest BCUT2D eigenvalue weighted by Crippen LogP contribution is 2.43. The molecule has 6 N–H and O–H groups in total. The van der Waals surface area contributed by atoms with Gasteiger partial charge in [-0.3, -0.25) is 0 Å². The van der Waals surface area contributed by atoms with E-state index in [1.807, 2.05) is 0 Å². The summed E-state index contributed by atoms with van der Waals surface area (Å²) in [6.07, 6.45) is 5.42. The number of allylic oxidation sites excluding steroid dienone is 1. The van der Waals surface area contributed by atoms with Gasteiger partial charge in [-0.1, -0.05) is 6.58 Å². The standard InChI is InChI=1S/C22H24FN9/c1-10-26-7-13(8-27-10)28-22-30-20-18(15-4-12(23)5-17(25-2)19(15)29-20)21(31-22)32-9-11-3-14(32)6-16(11)24/h4-5,7-8,11,14,16,25-26H,1,3,6,9,24H2,2H3,(H2,28,29,30,31)/t11-,14-,16-/m1/s1. The number of benzene rings is 1. The van der Waals surface area contributed by atoms with E-state index < -0.39 is 0 Å². The highest BCUT2D eigenvalue weighted by atomic mass is 19.1. The van der Waals surface area contributed by atoms with Crippen molar-refractivity contribution in [1.82, 2.24) is 20.3 Å². The smallest absolute Gasteiger partial charge is 0.231 e. The summed E-state index contributed by atoms with van der Waals surface area (Å²) in [7, 11) is 1.77. The van der Waals surface area contributed by atoms with Gasteiger partial charge in [0.05, 0.1) is 28.5 Å². The molecule has 0 spiro atoms. The maximum absolute atomic E-state index is 14.4. The van der Waals surface area contributed by atoms with E-state index in [2.05, 4.69) is 37.4 Å². The van der Waals surface area contributed by atoms with Crippen molar-refractivity contribution >= 4 is 45.6 Å². The molecule has 1 aromatic carbocycles. The lowest BCUT2D eigenvalue weighted by atomic mass is 10.0. The van der Waals surface area contributed by atoms with Crippen molar-refractivity contribution in [2.24, 2.45) is 16.6 Å². The Labute approximate surface area is 183 Å². The number of hydrogen-bond acceptors (Lipinski definition) is 8. The molecule has 4 heterocycles. The van der Waals surface area contributed by atoms with Crippen molar-refractivity contribution in [2.75, 3.05) is 29.1 Å². The Morgan fingerprint density at radius 2 is 2.16 bits per heavy atom. The first-order valence-electron chi connectivity index (χ1n) is 10.7. The minimum absolute atomic E-state index is 0.227. The third kappa shape index (κ3) is 2.90. The van der Waals surface area contributed by atoms with Crippen LogP contribution in [0.15, 0.2) is 41.4 Å². The number of aromatic nitrogens is 3. The summed E-state index contributed by atoms with van der Waals surface area (Å²) in [4.78, 5) is 19.5. The summed E-state index contributed by atoms with van der Waals surface area (Å²) in [6.45, 7) is 4.60. The molecule has 2 aromatic heterocycles. The molecule has 9 nitrogen and oxygen atoms in total. The van der Waals surface area contributed by atoms with E-state index >= 15 is 0 Å². The fourth-order valence-corrected chi connectivity index (χ4v) is 5.14. The van der Waals surface area contributed by atoms with Crippen LogP contribution in [-0.4, -0.2) is 46.8 Å². The topological polar surface area (TPSA) is 119 Å². The summed E-state index contributed by atoms with van der Waals surface area (Å²) in [5.74, 6) is 1.93. The summed E-state index contributed by atoms with van der Waals surface area (Å²) in [5.41, 5.74) is 9.13. The van der Waals surface area contributed by atoms with Gasteiger partial charge in [-0.05, 0) is 30.9 Å². The molecule has 0 radical (unpaired) electrons. The van der Waals surface area contributed by atoms with E-state index in [9.17, 15) is 4.39 Å². The van der Waals surface area contributed by atoms with Crippen molar-refractivity contribution in [3.63, 3.8) is 0 Å². The van der Waals surface area contributed by atoms with Crippen molar-refractivity contribution in [1.29, 1.82) is 0 Å². The first kappa shape index (κ1) is 19.1. The van der Waals surface area contributed by atoms with E-state index in [0.29, 0.717) is 40.8 Å². The molecule has 6 rings (SSSR count). The molecule has 0 unspecified atom stereocenters. The van der Waals surface area contributed by atoms with Crippen LogP contribution in [0.1, 0.15) is 12.8 Å². The van der Waals surface area contributed by atoms with Crippen LogP contribution in [0.4, 0.5) is 21.8 Å². The van der Waals surface area contributed by atoms with E-state index in [1.54, 1.807) is 25.5 Å². The molecule has 32 heavy (non-hydrogen) atoms. The van der Waals surface area contributed by atoms with Crippen LogP contribution in [0.5, 0.6) is 0 Å². The van der Waals surface area contributed by atoms with Gasteiger partial charge in [0.1, 0.15) is 23.1 Å². The number of hydrogen-bond donors (Lipinski definition) is 5. The normalized spacial score (nSPS) is 24.3. The van der Waals surface area contributed by atoms with Crippen molar-refractivity contribution in [2.45, 2.75) is 24.9 Å². The average Bonchev–Trinajstić information content (AvgIpc) is 3.46. The number of rotatable bonds is 4. The monoisotopic (exact) mass is 433 g/mol. The first-order chi connectivity index (χ1) is 15.5. The van der Waals surface area contributed by atoms with Gasteiger partial charge in [0.2, 0.25) is 5.95 Å². The Bertz CT molecular complexity index is 1320. The Morgan fingerprint density at radius 3 is 2.84 bits per heavy atom. The molecule has 0 amide bonds. The summed E-state index contributed by atoms with van der Waals surface area (Å²) < 4.78 is 14.4. The van der Waals surface area contributed by atoms with Crippen LogP contribution in [0.2, 0.25) is 0 Å². The summed E-state index contributed by atoms with van der Waals surface area (Å²) >= 11 is 0. The number of anilines is 3. The number of nitrogens with zero attached hydrogens (tertiary/aromatic N) is 4. The molecule has 2 fully saturated rings.